The standard InChI is InChI=1S/C13H10N2S/c1-9-4-6-10(7-5-9)12-15-11-3-2-8-14-13(11)16-12/h2-8H,1H3. The Morgan fingerprint density at radius 3 is 2.62 bits per heavy atom. The maximum absolute atomic E-state index is 4.57. The van der Waals surface area contributed by atoms with Crippen LogP contribution in [0.4, 0.5) is 0 Å². The van der Waals surface area contributed by atoms with Gasteiger partial charge in [-0.1, -0.05) is 41.2 Å². The van der Waals surface area contributed by atoms with E-state index in [4.69, 9.17) is 0 Å². The molecule has 16 heavy (non-hydrogen) atoms. The van der Waals surface area contributed by atoms with Crippen molar-refractivity contribution in [3.05, 3.63) is 48.2 Å². The van der Waals surface area contributed by atoms with Gasteiger partial charge in [0.15, 0.2) is 0 Å². The van der Waals surface area contributed by atoms with Crippen molar-refractivity contribution < 1.29 is 0 Å². The first-order valence-electron chi connectivity index (χ1n) is 5.11. The fourth-order valence-corrected chi connectivity index (χ4v) is 2.50. The van der Waals surface area contributed by atoms with Gasteiger partial charge in [0.1, 0.15) is 15.4 Å². The third kappa shape index (κ3) is 1.59. The van der Waals surface area contributed by atoms with E-state index in [1.807, 2.05) is 12.1 Å². The van der Waals surface area contributed by atoms with Crippen molar-refractivity contribution in [2.24, 2.45) is 0 Å². The number of nitrogens with zero attached hydrogens (tertiary/aromatic N) is 2. The summed E-state index contributed by atoms with van der Waals surface area (Å²) in [6.07, 6.45) is 1.80. The molecule has 3 rings (SSSR count). The molecule has 0 atom stereocenters. The molecule has 0 spiro atoms. The highest BCUT2D eigenvalue weighted by molar-refractivity contribution is 7.21. The molecule has 0 radical (unpaired) electrons. The van der Waals surface area contributed by atoms with E-state index >= 15 is 0 Å². The lowest BCUT2D eigenvalue weighted by Gasteiger charge is -1.95. The van der Waals surface area contributed by atoms with Gasteiger partial charge < -0.3 is 0 Å². The predicted molar refractivity (Wildman–Crippen MR) is 67.6 cm³/mol. The van der Waals surface area contributed by atoms with Crippen LogP contribution in [0.3, 0.4) is 0 Å². The van der Waals surface area contributed by atoms with Gasteiger partial charge in [0.2, 0.25) is 0 Å². The van der Waals surface area contributed by atoms with Crippen LogP contribution in [0.1, 0.15) is 5.56 Å². The van der Waals surface area contributed by atoms with Crippen molar-refractivity contribution >= 4 is 21.7 Å². The molecular formula is C13H10N2S. The number of hydrogen-bond acceptors (Lipinski definition) is 3. The first-order chi connectivity index (χ1) is 7.83. The number of pyridine rings is 1. The smallest absolute Gasteiger partial charge is 0.143 e. The Morgan fingerprint density at radius 2 is 1.88 bits per heavy atom. The van der Waals surface area contributed by atoms with Gasteiger partial charge >= 0.3 is 0 Å². The average molecular weight is 226 g/mol. The van der Waals surface area contributed by atoms with Crippen LogP contribution in [-0.4, -0.2) is 9.97 Å². The largest absolute Gasteiger partial charge is 0.244 e. The van der Waals surface area contributed by atoms with E-state index in [1.54, 1.807) is 17.5 Å². The first-order valence-corrected chi connectivity index (χ1v) is 5.93. The van der Waals surface area contributed by atoms with Crippen LogP contribution in [0.5, 0.6) is 0 Å². The highest BCUT2D eigenvalue weighted by atomic mass is 32.1. The molecule has 2 aromatic heterocycles. The van der Waals surface area contributed by atoms with Crippen LogP contribution < -0.4 is 0 Å². The van der Waals surface area contributed by atoms with Crippen molar-refractivity contribution in [2.75, 3.05) is 0 Å². The second kappa shape index (κ2) is 3.68. The van der Waals surface area contributed by atoms with Gasteiger partial charge in [0.05, 0.1) is 0 Å². The molecule has 0 saturated carbocycles. The average Bonchev–Trinajstić information content (AvgIpc) is 2.73. The number of fused-ring (bicyclic) bond motifs is 1. The highest BCUT2D eigenvalue weighted by Crippen LogP contribution is 2.28. The molecule has 2 heterocycles. The van der Waals surface area contributed by atoms with Gasteiger partial charge in [0.25, 0.3) is 0 Å². The molecule has 0 bridgehead atoms. The van der Waals surface area contributed by atoms with E-state index in [0.717, 1.165) is 20.9 Å². The summed E-state index contributed by atoms with van der Waals surface area (Å²) < 4.78 is 0. The number of rotatable bonds is 1. The first kappa shape index (κ1) is 9.48. The van der Waals surface area contributed by atoms with Gasteiger partial charge in [-0.2, -0.15) is 0 Å². The van der Waals surface area contributed by atoms with Gasteiger partial charge in [-0.25, -0.2) is 9.97 Å². The van der Waals surface area contributed by atoms with Gasteiger partial charge in [0, 0.05) is 11.8 Å². The summed E-state index contributed by atoms with van der Waals surface area (Å²) in [5.74, 6) is 0. The summed E-state index contributed by atoms with van der Waals surface area (Å²) in [5, 5.41) is 1.04. The Bertz CT molecular complexity index is 593. The SMILES string of the molecule is Cc1ccc(-c2nc3cccnc3s2)cc1. The predicted octanol–water partition coefficient (Wildman–Crippen LogP) is 3.67. The van der Waals surface area contributed by atoms with Crippen molar-refractivity contribution in [1.29, 1.82) is 0 Å². The van der Waals surface area contributed by atoms with E-state index in [0.29, 0.717) is 0 Å². The Kier molecular flexibility index (Phi) is 2.18. The maximum atomic E-state index is 4.57. The summed E-state index contributed by atoms with van der Waals surface area (Å²) in [6, 6.07) is 12.3. The molecule has 3 aromatic rings. The van der Waals surface area contributed by atoms with Crippen LogP contribution in [0.15, 0.2) is 42.6 Å². The minimum absolute atomic E-state index is 0.975. The molecule has 0 aliphatic carbocycles. The fraction of sp³-hybridized carbons (Fsp3) is 0.0769. The second-order valence-electron chi connectivity index (χ2n) is 3.71. The normalized spacial score (nSPS) is 10.8. The van der Waals surface area contributed by atoms with Crippen molar-refractivity contribution in [2.45, 2.75) is 6.92 Å². The topological polar surface area (TPSA) is 25.8 Å². The Hall–Kier alpha value is -1.74. The van der Waals surface area contributed by atoms with E-state index in [1.165, 1.54) is 5.56 Å². The zero-order valence-corrected chi connectivity index (χ0v) is 9.66. The molecule has 3 heteroatoms. The molecule has 0 amide bonds. The van der Waals surface area contributed by atoms with E-state index in [2.05, 4.69) is 41.2 Å². The molecule has 78 valence electrons. The molecule has 2 nitrogen and oxygen atoms in total. The molecule has 0 N–H and O–H groups in total. The second-order valence-corrected chi connectivity index (χ2v) is 4.69. The number of aromatic nitrogens is 2. The van der Waals surface area contributed by atoms with Crippen LogP contribution in [0.25, 0.3) is 20.9 Å². The Balaban J connectivity index is 2.15. The lowest BCUT2D eigenvalue weighted by atomic mass is 10.2. The molecule has 0 fully saturated rings. The van der Waals surface area contributed by atoms with E-state index in [9.17, 15) is 0 Å². The summed E-state index contributed by atoms with van der Waals surface area (Å²) in [5.41, 5.74) is 3.40. The summed E-state index contributed by atoms with van der Waals surface area (Å²) in [6.45, 7) is 2.09. The quantitative estimate of drug-likeness (QED) is 0.632. The van der Waals surface area contributed by atoms with Gasteiger partial charge in [-0.3, -0.25) is 0 Å². The van der Waals surface area contributed by atoms with Crippen molar-refractivity contribution in [3.63, 3.8) is 0 Å². The lowest BCUT2D eigenvalue weighted by Crippen LogP contribution is -1.76. The summed E-state index contributed by atoms with van der Waals surface area (Å²) in [7, 11) is 0. The maximum Gasteiger partial charge on any atom is 0.143 e. The molecule has 1 aromatic carbocycles. The van der Waals surface area contributed by atoms with Crippen molar-refractivity contribution in [3.8, 4) is 10.6 Å². The zero-order valence-electron chi connectivity index (χ0n) is 8.84. The van der Waals surface area contributed by atoms with E-state index < -0.39 is 0 Å². The lowest BCUT2D eigenvalue weighted by molar-refractivity contribution is 1.40. The molecule has 0 aliphatic heterocycles. The van der Waals surface area contributed by atoms with Gasteiger partial charge in [-0.15, -0.1) is 0 Å². The third-order valence-electron chi connectivity index (χ3n) is 2.46. The van der Waals surface area contributed by atoms with Crippen LogP contribution in [0.2, 0.25) is 0 Å². The fourth-order valence-electron chi connectivity index (χ4n) is 1.59. The Labute approximate surface area is 97.6 Å². The van der Waals surface area contributed by atoms with Gasteiger partial charge in [-0.05, 0) is 19.1 Å². The summed E-state index contributed by atoms with van der Waals surface area (Å²) in [4.78, 5) is 9.87. The molecule has 0 unspecified atom stereocenters. The number of hydrogen-bond donors (Lipinski definition) is 0. The minimum Gasteiger partial charge on any atom is -0.244 e. The minimum atomic E-state index is 0.975. The monoisotopic (exact) mass is 226 g/mol. The van der Waals surface area contributed by atoms with Crippen LogP contribution in [-0.2, 0) is 0 Å². The third-order valence-corrected chi connectivity index (χ3v) is 3.49. The summed E-state index contributed by atoms with van der Waals surface area (Å²) >= 11 is 1.63. The number of thiazole rings is 1. The molecule has 0 aliphatic rings. The van der Waals surface area contributed by atoms with Crippen molar-refractivity contribution in [1.82, 2.24) is 9.97 Å². The van der Waals surface area contributed by atoms with Crippen LogP contribution in [0, 0.1) is 6.92 Å². The molecule has 0 saturated heterocycles. The Morgan fingerprint density at radius 1 is 1.06 bits per heavy atom. The zero-order chi connectivity index (χ0) is 11.0. The number of aryl methyl sites for hydroxylation is 1. The highest BCUT2D eigenvalue weighted by Gasteiger charge is 2.05. The number of benzene rings is 1. The van der Waals surface area contributed by atoms with E-state index in [-0.39, 0.29) is 0 Å². The molecular weight excluding hydrogens is 216 g/mol. The van der Waals surface area contributed by atoms with Crippen LogP contribution >= 0.6 is 11.3 Å².